The standard InChI is InChI=1S/C28H28FN3O4/c1-17(2)27-23(13-12-21(33)14-22(34)15-25(35)36)26(18-8-10-19(29)11-9-18)24-16-30-32(28(24)31-27)20-6-4-3-5-7-20/h3-13,16-17,21-22,33-34H,14-15H2,1-2H3,(H,35,36)/b13-12+/t21-,22-/m1/s1. The fraction of sp³-hybridized carbons (Fsp3) is 0.250. The maximum Gasteiger partial charge on any atom is 0.305 e. The van der Waals surface area contributed by atoms with Gasteiger partial charge in [-0.05, 0) is 35.7 Å². The molecule has 2 atom stereocenters. The lowest BCUT2D eigenvalue weighted by Gasteiger charge is -2.17. The zero-order chi connectivity index (χ0) is 25.8. The number of pyridine rings is 1. The Hall–Kier alpha value is -3.88. The van der Waals surface area contributed by atoms with Crippen LogP contribution in [-0.4, -0.2) is 48.3 Å². The van der Waals surface area contributed by atoms with Crippen LogP contribution in [0.25, 0.3) is 33.9 Å². The Bertz CT molecular complexity index is 1380. The second-order valence-electron chi connectivity index (χ2n) is 8.99. The number of aliphatic hydroxyl groups is 2. The monoisotopic (exact) mass is 489 g/mol. The summed E-state index contributed by atoms with van der Waals surface area (Å²) in [5, 5.41) is 34.6. The van der Waals surface area contributed by atoms with Gasteiger partial charge in [0, 0.05) is 22.9 Å². The van der Waals surface area contributed by atoms with Crippen LogP contribution in [-0.2, 0) is 4.79 Å². The van der Waals surface area contributed by atoms with Gasteiger partial charge >= 0.3 is 5.97 Å². The number of rotatable bonds is 9. The quantitative estimate of drug-likeness (QED) is 0.307. The number of carbonyl (C=O) groups is 1. The van der Waals surface area contributed by atoms with Gasteiger partial charge in [0.15, 0.2) is 5.65 Å². The molecule has 2 aromatic heterocycles. The first kappa shape index (κ1) is 25.2. The number of carboxylic acid groups (broad SMARTS) is 1. The number of carboxylic acids is 1. The van der Waals surface area contributed by atoms with E-state index in [0.717, 1.165) is 33.5 Å². The summed E-state index contributed by atoms with van der Waals surface area (Å²) < 4.78 is 15.5. The van der Waals surface area contributed by atoms with Crippen LogP contribution in [0.2, 0.25) is 0 Å². The summed E-state index contributed by atoms with van der Waals surface area (Å²) in [7, 11) is 0. The van der Waals surface area contributed by atoms with Crippen molar-refractivity contribution in [1.29, 1.82) is 0 Å². The first-order chi connectivity index (χ1) is 17.2. The zero-order valence-corrected chi connectivity index (χ0v) is 20.0. The van der Waals surface area contributed by atoms with Crippen molar-refractivity contribution in [1.82, 2.24) is 14.8 Å². The largest absolute Gasteiger partial charge is 0.481 e. The molecular weight excluding hydrogens is 461 g/mol. The number of aromatic nitrogens is 3. The smallest absolute Gasteiger partial charge is 0.305 e. The van der Waals surface area contributed by atoms with Gasteiger partial charge < -0.3 is 15.3 Å². The normalized spacial score (nSPS) is 13.5. The molecule has 36 heavy (non-hydrogen) atoms. The lowest BCUT2D eigenvalue weighted by molar-refractivity contribution is -0.139. The molecule has 8 heteroatoms. The highest BCUT2D eigenvalue weighted by atomic mass is 19.1. The molecule has 0 bridgehead atoms. The fourth-order valence-corrected chi connectivity index (χ4v) is 4.22. The van der Waals surface area contributed by atoms with Crippen molar-refractivity contribution < 1.29 is 24.5 Å². The van der Waals surface area contributed by atoms with Crippen molar-refractivity contribution >= 4 is 23.1 Å². The first-order valence-electron chi connectivity index (χ1n) is 11.7. The van der Waals surface area contributed by atoms with Gasteiger partial charge in [-0.3, -0.25) is 4.79 Å². The number of nitrogens with zero attached hydrogens (tertiary/aromatic N) is 3. The molecule has 0 aliphatic carbocycles. The minimum absolute atomic E-state index is 0.00196. The lowest BCUT2D eigenvalue weighted by atomic mass is 9.91. The van der Waals surface area contributed by atoms with Crippen LogP contribution in [0.4, 0.5) is 4.39 Å². The Labute approximate surface area is 208 Å². The van der Waals surface area contributed by atoms with Crippen molar-refractivity contribution in [3.8, 4) is 16.8 Å². The summed E-state index contributed by atoms with van der Waals surface area (Å²) in [6.07, 6.45) is 2.17. The van der Waals surface area contributed by atoms with E-state index < -0.39 is 24.6 Å². The molecular formula is C28H28FN3O4. The number of fused-ring (bicyclic) bond motifs is 1. The van der Waals surface area contributed by atoms with Gasteiger partial charge in [0.2, 0.25) is 0 Å². The van der Waals surface area contributed by atoms with Crippen LogP contribution < -0.4 is 0 Å². The SMILES string of the molecule is CC(C)c1nc2c(cnn2-c2ccccc2)c(-c2ccc(F)cc2)c1/C=C/[C@@H](O)C[C@@H](O)CC(=O)O. The molecule has 2 heterocycles. The molecule has 0 spiro atoms. The van der Waals surface area contributed by atoms with Crippen molar-refractivity contribution in [3.63, 3.8) is 0 Å². The molecule has 4 aromatic rings. The van der Waals surface area contributed by atoms with E-state index in [2.05, 4.69) is 5.10 Å². The van der Waals surface area contributed by atoms with E-state index in [1.54, 1.807) is 29.1 Å². The molecule has 0 saturated carbocycles. The van der Waals surface area contributed by atoms with Crippen LogP contribution in [0.1, 0.15) is 43.9 Å². The summed E-state index contributed by atoms with van der Waals surface area (Å²) in [5.41, 5.74) is 4.56. The molecule has 0 fully saturated rings. The van der Waals surface area contributed by atoms with E-state index >= 15 is 0 Å². The number of aliphatic hydroxyl groups excluding tert-OH is 2. The summed E-state index contributed by atoms with van der Waals surface area (Å²) >= 11 is 0. The molecule has 7 nitrogen and oxygen atoms in total. The number of hydrogen-bond donors (Lipinski definition) is 3. The average Bonchev–Trinajstić information content (AvgIpc) is 3.26. The predicted molar refractivity (Wildman–Crippen MR) is 136 cm³/mol. The van der Waals surface area contributed by atoms with Crippen LogP contribution in [0.3, 0.4) is 0 Å². The minimum Gasteiger partial charge on any atom is -0.481 e. The lowest BCUT2D eigenvalue weighted by Crippen LogP contribution is -2.19. The summed E-state index contributed by atoms with van der Waals surface area (Å²) in [6, 6.07) is 15.8. The van der Waals surface area contributed by atoms with Crippen LogP contribution in [0, 0.1) is 5.82 Å². The molecule has 0 amide bonds. The molecule has 3 N–H and O–H groups in total. The molecule has 0 radical (unpaired) electrons. The van der Waals surface area contributed by atoms with Gasteiger partial charge in [0.05, 0.1) is 36.2 Å². The summed E-state index contributed by atoms with van der Waals surface area (Å²) in [6.45, 7) is 4.02. The topological polar surface area (TPSA) is 108 Å². The molecule has 2 aromatic carbocycles. The van der Waals surface area contributed by atoms with Crippen LogP contribution in [0.5, 0.6) is 0 Å². The maximum atomic E-state index is 13.8. The molecule has 0 aliphatic rings. The number of aliphatic carboxylic acids is 1. The fourth-order valence-electron chi connectivity index (χ4n) is 4.22. The number of para-hydroxylation sites is 1. The van der Waals surface area contributed by atoms with Gasteiger partial charge in [0.1, 0.15) is 5.82 Å². The Kier molecular flexibility index (Phi) is 7.57. The third-order valence-corrected chi connectivity index (χ3v) is 5.87. The number of halogens is 1. The molecule has 4 rings (SSSR count). The van der Waals surface area contributed by atoms with Gasteiger partial charge in [-0.2, -0.15) is 5.10 Å². The Morgan fingerprint density at radius 1 is 1.08 bits per heavy atom. The molecule has 0 unspecified atom stereocenters. The van der Waals surface area contributed by atoms with Gasteiger partial charge in [-0.1, -0.05) is 56.3 Å². The first-order valence-corrected chi connectivity index (χ1v) is 11.7. The molecule has 186 valence electrons. The predicted octanol–water partition coefficient (Wildman–Crippen LogP) is 4.95. The number of hydrogen-bond acceptors (Lipinski definition) is 5. The number of benzene rings is 2. The van der Waals surface area contributed by atoms with E-state index in [9.17, 15) is 19.4 Å². The van der Waals surface area contributed by atoms with Gasteiger partial charge in [0.25, 0.3) is 0 Å². The Balaban J connectivity index is 1.89. The van der Waals surface area contributed by atoms with E-state index in [1.807, 2.05) is 44.2 Å². The molecule has 0 aliphatic heterocycles. The van der Waals surface area contributed by atoms with Crippen molar-refractivity contribution in [2.24, 2.45) is 0 Å². The van der Waals surface area contributed by atoms with E-state index in [1.165, 1.54) is 18.2 Å². The van der Waals surface area contributed by atoms with Crippen LogP contribution >= 0.6 is 0 Å². The van der Waals surface area contributed by atoms with Crippen molar-refractivity contribution in [2.45, 2.75) is 44.8 Å². The average molecular weight is 490 g/mol. The summed E-state index contributed by atoms with van der Waals surface area (Å²) in [4.78, 5) is 15.8. The highest BCUT2D eigenvalue weighted by molar-refractivity contribution is 5.98. The van der Waals surface area contributed by atoms with Gasteiger partial charge in [-0.15, -0.1) is 0 Å². The van der Waals surface area contributed by atoms with Crippen molar-refractivity contribution in [2.75, 3.05) is 0 Å². The highest BCUT2D eigenvalue weighted by Gasteiger charge is 2.21. The second kappa shape index (κ2) is 10.8. The highest BCUT2D eigenvalue weighted by Crippen LogP contribution is 2.37. The van der Waals surface area contributed by atoms with E-state index in [4.69, 9.17) is 10.1 Å². The Morgan fingerprint density at radius 3 is 2.42 bits per heavy atom. The van der Waals surface area contributed by atoms with Crippen LogP contribution in [0.15, 0.2) is 66.9 Å². The third kappa shape index (κ3) is 5.50. The van der Waals surface area contributed by atoms with Gasteiger partial charge in [-0.25, -0.2) is 14.1 Å². The second-order valence-corrected chi connectivity index (χ2v) is 8.99. The Morgan fingerprint density at radius 2 is 1.78 bits per heavy atom. The molecule has 0 saturated heterocycles. The zero-order valence-electron chi connectivity index (χ0n) is 20.0. The van der Waals surface area contributed by atoms with E-state index in [0.29, 0.717) is 5.65 Å². The third-order valence-electron chi connectivity index (χ3n) is 5.87. The van der Waals surface area contributed by atoms with E-state index in [-0.39, 0.29) is 18.2 Å². The minimum atomic E-state index is -1.17. The maximum absolute atomic E-state index is 13.8. The summed E-state index contributed by atoms with van der Waals surface area (Å²) in [5.74, 6) is -1.49. The van der Waals surface area contributed by atoms with Crippen molar-refractivity contribution in [3.05, 3.63) is 83.9 Å².